The molecule has 10 fully saturated rings. The fraction of sp³-hybridized carbons (Fsp3) is 0.875. The zero-order valence-corrected chi connectivity index (χ0v) is 30.7. The van der Waals surface area contributed by atoms with Gasteiger partial charge in [-0.25, -0.2) is 0 Å². The summed E-state index contributed by atoms with van der Waals surface area (Å²) < 4.78 is 59.8. The molecule has 0 aromatic carbocycles. The fourth-order valence-corrected chi connectivity index (χ4v) is 11.3. The molecule has 2 N–H and O–H groups in total. The van der Waals surface area contributed by atoms with Crippen LogP contribution in [0.1, 0.15) is 90.4 Å². The van der Waals surface area contributed by atoms with Gasteiger partial charge in [0.25, 0.3) is 0 Å². The van der Waals surface area contributed by atoms with E-state index in [1.807, 2.05) is 0 Å². The standard InChI is InChI=1S/C40H58O12/c1-19-11-24-5-7-28-20(2)12-26(45-28)9-10-40-17-33-36(51-40)37-38(50-33)39(52-40)35-29(49-37)8-6-25(47-35)13-22(42)14-27-31(16-30(46-24)21(19)3)48-32(34(27)44-4)15-23(43)18-41/h19,23-39,41,43H,2-3,5-18H2,1,4H3/t19?,23?,24?,25?,26-,27?,28-,29?,30+,31-,32+,33?,34+,35-,36?,37-,38+,39-,40-/m0/s1. The summed E-state index contributed by atoms with van der Waals surface area (Å²) in [6, 6.07) is 0. The van der Waals surface area contributed by atoms with E-state index in [1.54, 1.807) is 7.11 Å². The molecule has 10 aliphatic heterocycles. The molecule has 0 amide bonds. The number of carbonyl (C=O) groups excluding carboxylic acids is 1. The van der Waals surface area contributed by atoms with E-state index in [1.165, 1.54) is 0 Å². The van der Waals surface area contributed by atoms with Crippen LogP contribution >= 0.6 is 0 Å². The predicted molar refractivity (Wildman–Crippen MR) is 184 cm³/mol. The van der Waals surface area contributed by atoms with E-state index >= 15 is 0 Å². The molecular formula is C40H58O12. The minimum atomic E-state index is -0.951. The first-order chi connectivity index (χ1) is 25.1. The molecule has 10 heterocycles. The number of rotatable bonds is 4. The van der Waals surface area contributed by atoms with E-state index < -0.39 is 24.1 Å². The topological polar surface area (TPSA) is 141 Å². The van der Waals surface area contributed by atoms with Crippen molar-refractivity contribution in [3.63, 3.8) is 0 Å². The zero-order valence-electron chi connectivity index (χ0n) is 30.7. The molecule has 0 aromatic heterocycles. The molecule has 12 bridgehead atoms. The van der Waals surface area contributed by atoms with Gasteiger partial charge in [-0.2, -0.15) is 0 Å². The molecule has 10 saturated heterocycles. The summed E-state index contributed by atoms with van der Waals surface area (Å²) in [6.45, 7) is 10.7. The van der Waals surface area contributed by atoms with Crippen molar-refractivity contribution in [2.75, 3.05) is 13.7 Å². The Labute approximate surface area is 306 Å². The molecule has 10 rings (SSSR count). The van der Waals surface area contributed by atoms with E-state index in [2.05, 4.69) is 20.1 Å². The summed E-state index contributed by atoms with van der Waals surface area (Å²) in [5.41, 5.74) is 2.17. The van der Waals surface area contributed by atoms with Crippen molar-refractivity contribution in [2.24, 2.45) is 11.8 Å². The van der Waals surface area contributed by atoms with Crippen molar-refractivity contribution in [2.45, 2.75) is 194 Å². The van der Waals surface area contributed by atoms with E-state index in [0.29, 0.717) is 25.7 Å². The van der Waals surface area contributed by atoms with Crippen molar-refractivity contribution in [3.8, 4) is 0 Å². The highest BCUT2D eigenvalue weighted by atomic mass is 16.8. The Kier molecular flexibility index (Phi) is 10.0. The van der Waals surface area contributed by atoms with Crippen LogP contribution in [0.15, 0.2) is 24.3 Å². The summed E-state index contributed by atoms with van der Waals surface area (Å²) in [7, 11) is 1.63. The third-order valence-corrected chi connectivity index (χ3v) is 13.9. The molecule has 8 unspecified atom stereocenters. The molecule has 1 spiro atoms. The average Bonchev–Trinajstić information content (AvgIpc) is 3.79. The molecule has 12 nitrogen and oxygen atoms in total. The quantitative estimate of drug-likeness (QED) is 0.410. The minimum absolute atomic E-state index is 0.0260. The maximum Gasteiger partial charge on any atom is 0.172 e. The van der Waals surface area contributed by atoms with Gasteiger partial charge >= 0.3 is 0 Å². The average molecular weight is 731 g/mol. The highest BCUT2D eigenvalue weighted by Gasteiger charge is 2.68. The van der Waals surface area contributed by atoms with Crippen LogP contribution in [0.3, 0.4) is 0 Å². The summed E-state index contributed by atoms with van der Waals surface area (Å²) in [6.07, 6.45) is 4.01. The first-order valence-electron chi connectivity index (χ1n) is 20.1. The Morgan fingerprint density at radius 2 is 1.54 bits per heavy atom. The summed E-state index contributed by atoms with van der Waals surface area (Å²) >= 11 is 0. The summed E-state index contributed by atoms with van der Waals surface area (Å²) in [4.78, 5) is 14.0. The third-order valence-electron chi connectivity index (χ3n) is 13.9. The summed E-state index contributed by atoms with van der Waals surface area (Å²) in [5.74, 6) is -0.709. The number of ether oxygens (including phenoxy) is 9. The zero-order chi connectivity index (χ0) is 35.9. The Morgan fingerprint density at radius 3 is 2.37 bits per heavy atom. The maximum absolute atomic E-state index is 14.0. The van der Waals surface area contributed by atoms with Crippen molar-refractivity contribution < 1.29 is 57.6 Å². The van der Waals surface area contributed by atoms with Crippen LogP contribution in [0, 0.1) is 11.8 Å². The normalized spacial score (nSPS) is 52.4. The molecule has 0 aromatic rings. The Morgan fingerprint density at radius 1 is 0.788 bits per heavy atom. The van der Waals surface area contributed by atoms with Crippen LogP contribution in [-0.2, 0) is 47.4 Å². The van der Waals surface area contributed by atoms with Gasteiger partial charge in [0.15, 0.2) is 5.79 Å². The van der Waals surface area contributed by atoms with Gasteiger partial charge in [-0.1, -0.05) is 20.1 Å². The SMILES string of the molecule is C=C1C[C@@H]2CC[C@@]34CC5O[C@H]6[C@@H](O3)[C@H]3OC(CCC3O[C@H]6C5O4)CC(=O)CC3[C@H](C[C@H]4OC(CC[C@@H]1O2)CC(C)C4=C)O[C@H](CC(O)CO)[C@@H]3OC. The lowest BCUT2D eigenvalue weighted by molar-refractivity contribution is -0.292. The first kappa shape index (κ1) is 36.4. The smallest absolute Gasteiger partial charge is 0.172 e. The van der Waals surface area contributed by atoms with Gasteiger partial charge in [-0.05, 0) is 62.0 Å². The van der Waals surface area contributed by atoms with Gasteiger partial charge in [-0.3, -0.25) is 4.79 Å². The van der Waals surface area contributed by atoms with Crippen molar-refractivity contribution in [3.05, 3.63) is 24.3 Å². The van der Waals surface area contributed by atoms with E-state index in [9.17, 15) is 15.0 Å². The fourth-order valence-electron chi connectivity index (χ4n) is 11.3. The van der Waals surface area contributed by atoms with E-state index in [-0.39, 0.29) is 123 Å². The molecule has 0 radical (unpaired) electrons. The first-order valence-corrected chi connectivity index (χ1v) is 20.1. The molecule has 10 aliphatic rings. The number of aliphatic hydroxyl groups excluding tert-OH is 2. The van der Waals surface area contributed by atoms with E-state index in [4.69, 9.17) is 42.6 Å². The van der Waals surface area contributed by atoms with Crippen molar-refractivity contribution in [1.29, 1.82) is 0 Å². The van der Waals surface area contributed by atoms with Crippen LogP contribution in [0.5, 0.6) is 0 Å². The third kappa shape index (κ3) is 6.59. The van der Waals surface area contributed by atoms with Crippen molar-refractivity contribution >= 4 is 5.78 Å². The lowest BCUT2D eigenvalue weighted by Gasteiger charge is -2.47. The number of ketones is 1. The van der Waals surface area contributed by atoms with Gasteiger partial charge < -0.3 is 52.8 Å². The minimum Gasteiger partial charge on any atom is -0.394 e. The van der Waals surface area contributed by atoms with Gasteiger partial charge in [0.1, 0.15) is 36.3 Å². The number of hydrogen-bond donors (Lipinski definition) is 2. The Balaban J connectivity index is 0.994. The largest absolute Gasteiger partial charge is 0.394 e. The molecular weight excluding hydrogens is 672 g/mol. The number of carbonyl (C=O) groups is 1. The number of fused-ring (bicyclic) bond motifs is 6. The second kappa shape index (κ2) is 14.3. The molecule has 52 heavy (non-hydrogen) atoms. The maximum atomic E-state index is 14.0. The highest BCUT2D eigenvalue weighted by Crippen LogP contribution is 2.54. The predicted octanol–water partition coefficient (Wildman–Crippen LogP) is 3.47. The molecule has 12 heteroatoms. The molecule has 290 valence electrons. The Hall–Kier alpha value is -1.29. The number of aliphatic hydroxyl groups is 2. The van der Waals surface area contributed by atoms with Crippen molar-refractivity contribution in [1.82, 2.24) is 0 Å². The van der Waals surface area contributed by atoms with Crippen LogP contribution < -0.4 is 0 Å². The highest BCUT2D eigenvalue weighted by molar-refractivity contribution is 5.79. The summed E-state index contributed by atoms with van der Waals surface area (Å²) in [5, 5.41) is 20.1. The van der Waals surface area contributed by atoms with Crippen LogP contribution in [0.2, 0.25) is 0 Å². The van der Waals surface area contributed by atoms with Crippen LogP contribution in [0.4, 0.5) is 0 Å². The second-order valence-electron chi connectivity index (χ2n) is 17.4. The van der Waals surface area contributed by atoms with Gasteiger partial charge in [0.05, 0.1) is 73.8 Å². The monoisotopic (exact) mass is 730 g/mol. The number of Topliss-reactive ketones (excluding diaryl/α,β-unsaturated/α-hetero) is 1. The number of hydrogen-bond acceptors (Lipinski definition) is 12. The van der Waals surface area contributed by atoms with Crippen LogP contribution in [-0.4, -0.2) is 133 Å². The molecule has 19 atom stereocenters. The Bertz CT molecular complexity index is 1370. The van der Waals surface area contributed by atoms with Gasteiger partial charge in [0, 0.05) is 51.6 Å². The molecule has 0 aliphatic carbocycles. The van der Waals surface area contributed by atoms with Gasteiger partial charge in [0.2, 0.25) is 0 Å². The number of methoxy groups -OCH3 is 1. The van der Waals surface area contributed by atoms with E-state index in [0.717, 1.165) is 49.7 Å². The lowest BCUT2D eigenvalue weighted by atomic mass is 9.81. The second-order valence-corrected chi connectivity index (χ2v) is 17.4. The molecule has 0 saturated carbocycles. The van der Waals surface area contributed by atoms with Gasteiger partial charge in [-0.15, -0.1) is 0 Å². The van der Waals surface area contributed by atoms with Crippen LogP contribution in [0.25, 0.3) is 0 Å². The lowest BCUT2D eigenvalue weighted by Crippen LogP contribution is -2.61.